The first-order valence-electron chi connectivity index (χ1n) is 7.44. The Morgan fingerprint density at radius 1 is 1.45 bits per heavy atom. The molecule has 0 bridgehead atoms. The number of hydrogen-bond acceptors (Lipinski definition) is 4. The van der Waals surface area contributed by atoms with Gasteiger partial charge in [-0.05, 0) is 25.2 Å². The number of rotatable bonds is 5. The van der Waals surface area contributed by atoms with E-state index < -0.39 is 11.8 Å². The van der Waals surface area contributed by atoms with Crippen LogP contribution in [0.15, 0.2) is 6.07 Å². The number of carbonyl (C=O) groups excluding carboxylic acids is 2. The van der Waals surface area contributed by atoms with E-state index in [4.69, 9.17) is 5.26 Å². The monoisotopic (exact) mass is 303 g/mol. The van der Waals surface area contributed by atoms with Crippen LogP contribution in [0.5, 0.6) is 0 Å². The number of carbonyl (C=O) groups is 2. The van der Waals surface area contributed by atoms with E-state index in [0.29, 0.717) is 25.3 Å². The maximum Gasteiger partial charge on any atom is 0.314 e. The highest BCUT2D eigenvalue weighted by molar-refractivity contribution is 6.39. The number of anilines is 1. The van der Waals surface area contributed by atoms with Crippen molar-refractivity contribution in [1.82, 2.24) is 15.1 Å². The highest BCUT2D eigenvalue weighted by Gasteiger charge is 2.32. The lowest BCUT2D eigenvalue weighted by Crippen LogP contribution is -2.44. The van der Waals surface area contributed by atoms with E-state index in [9.17, 15) is 9.59 Å². The molecule has 0 aliphatic heterocycles. The first kappa shape index (κ1) is 16.0. The molecule has 0 saturated heterocycles. The molecular formula is C15H21N5O2. The molecule has 0 radical (unpaired) electrons. The minimum absolute atomic E-state index is 0.130. The van der Waals surface area contributed by atoms with Gasteiger partial charge in [0.05, 0.1) is 19.0 Å². The van der Waals surface area contributed by atoms with Crippen LogP contribution in [0.3, 0.4) is 0 Å². The first-order valence-corrected chi connectivity index (χ1v) is 7.44. The molecule has 1 heterocycles. The summed E-state index contributed by atoms with van der Waals surface area (Å²) in [4.78, 5) is 23.6. The Balaban J connectivity index is 1.85. The predicted molar refractivity (Wildman–Crippen MR) is 80.8 cm³/mol. The molecule has 1 fully saturated rings. The smallest absolute Gasteiger partial charge is 0.314 e. The number of nitrogens with zero attached hydrogens (tertiary/aromatic N) is 3. The molecule has 0 spiro atoms. The van der Waals surface area contributed by atoms with Crippen molar-refractivity contribution >= 4 is 17.6 Å². The van der Waals surface area contributed by atoms with Gasteiger partial charge in [-0.25, -0.2) is 0 Å². The second-order valence-electron chi connectivity index (χ2n) is 6.10. The zero-order chi connectivity index (χ0) is 16.2. The van der Waals surface area contributed by atoms with E-state index in [1.807, 2.05) is 13.0 Å². The molecule has 1 aliphatic rings. The van der Waals surface area contributed by atoms with Crippen LogP contribution in [0.2, 0.25) is 0 Å². The summed E-state index contributed by atoms with van der Waals surface area (Å²) >= 11 is 0. The van der Waals surface area contributed by atoms with Gasteiger partial charge in [0, 0.05) is 18.3 Å². The molecule has 0 atom stereocenters. The Labute approximate surface area is 129 Å². The van der Waals surface area contributed by atoms with Crippen molar-refractivity contribution in [2.45, 2.75) is 46.1 Å². The number of aromatic nitrogens is 2. The molecular weight excluding hydrogens is 282 g/mol. The van der Waals surface area contributed by atoms with Crippen molar-refractivity contribution in [3.63, 3.8) is 0 Å². The quantitative estimate of drug-likeness (QED) is 0.802. The first-order chi connectivity index (χ1) is 10.4. The van der Waals surface area contributed by atoms with Crippen LogP contribution in [0.4, 0.5) is 5.82 Å². The average molecular weight is 303 g/mol. The summed E-state index contributed by atoms with van der Waals surface area (Å²) in [5.41, 5.74) is 0.957. The summed E-state index contributed by atoms with van der Waals surface area (Å²) in [6, 6.07) is 3.72. The number of hydrogen-bond donors (Lipinski definition) is 2. The highest BCUT2D eigenvalue weighted by Crippen LogP contribution is 2.39. The second-order valence-corrected chi connectivity index (χ2v) is 6.10. The summed E-state index contributed by atoms with van der Waals surface area (Å²) in [7, 11) is 0. The van der Waals surface area contributed by atoms with E-state index in [-0.39, 0.29) is 5.41 Å². The largest absolute Gasteiger partial charge is 0.347 e. The molecule has 2 rings (SSSR count). The van der Waals surface area contributed by atoms with Crippen molar-refractivity contribution in [2.24, 2.45) is 5.41 Å². The number of amides is 2. The van der Waals surface area contributed by atoms with Gasteiger partial charge >= 0.3 is 11.8 Å². The minimum atomic E-state index is -0.715. The Morgan fingerprint density at radius 3 is 2.77 bits per heavy atom. The van der Waals surface area contributed by atoms with Gasteiger partial charge in [-0.2, -0.15) is 10.4 Å². The zero-order valence-corrected chi connectivity index (χ0v) is 13.0. The summed E-state index contributed by atoms with van der Waals surface area (Å²) in [5.74, 6) is -1.03. The fourth-order valence-electron chi connectivity index (χ4n) is 2.46. The SMILES string of the molecule is Cc1cc(NC(=O)C(=O)NCC2(C)CCC2)nn1CCC#N. The summed E-state index contributed by atoms with van der Waals surface area (Å²) in [5, 5.41) is 17.9. The van der Waals surface area contributed by atoms with Crippen molar-refractivity contribution < 1.29 is 9.59 Å². The molecule has 22 heavy (non-hydrogen) atoms. The lowest BCUT2D eigenvalue weighted by Gasteiger charge is -2.38. The maximum absolute atomic E-state index is 11.8. The molecule has 7 nitrogen and oxygen atoms in total. The summed E-state index contributed by atoms with van der Waals surface area (Å²) in [6.45, 7) is 4.92. The number of nitriles is 1. The van der Waals surface area contributed by atoms with Crippen molar-refractivity contribution in [3.05, 3.63) is 11.8 Å². The fourth-order valence-corrected chi connectivity index (χ4v) is 2.46. The summed E-state index contributed by atoms with van der Waals surface area (Å²) in [6.07, 6.45) is 3.68. The fraction of sp³-hybridized carbons (Fsp3) is 0.600. The lowest BCUT2D eigenvalue weighted by atomic mass is 9.70. The number of nitrogens with one attached hydrogen (secondary N) is 2. The van der Waals surface area contributed by atoms with Crippen molar-refractivity contribution in [2.75, 3.05) is 11.9 Å². The van der Waals surface area contributed by atoms with Crippen LogP contribution < -0.4 is 10.6 Å². The molecule has 0 aromatic carbocycles. The second kappa shape index (κ2) is 6.60. The van der Waals surface area contributed by atoms with E-state index in [0.717, 1.165) is 18.5 Å². The molecule has 2 amide bonds. The van der Waals surface area contributed by atoms with Crippen LogP contribution >= 0.6 is 0 Å². The van der Waals surface area contributed by atoms with Gasteiger partial charge in [-0.1, -0.05) is 13.3 Å². The van der Waals surface area contributed by atoms with Crippen LogP contribution in [-0.4, -0.2) is 28.1 Å². The normalized spacial score (nSPS) is 15.5. The van der Waals surface area contributed by atoms with Crippen LogP contribution in [-0.2, 0) is 16.1 Å². The highest BCUT2D eigenvalue weighted by atomic mass is 16.2. The van der Waals surface area contributed by atoms with E-state index in [1.54, 1.807) is 10.7 Å². The standard InChI is InChI=1S/C15H21N5O2/c1-11-9-12(19-20(11)8-4-7-16)18-14(22)13(21)17-10-15(2)5-3-6-15/h9H,3-6,8,10H2,1-2H3,(H,17,21)(H,18,19,22). The van der Waals surface area contributed by atoms with Crippen LogP contribution in [0, 0.1) is 23.7 Å². The van der Waals surface area contributed by atoms with Gasteiger partial charge in [0.2, 0.25) is 0 Å². The Bertz CT molecular complexity index is 610. The zero-order valence-electron chi connectivity index (χ0n) is 13.0. The topological polar surface area (TPSA) is 99.8 Å². The van der Waals surface area contributed by atoms with Gasteiger partial charge in [-0.3, -0.25) is 14.3 Å². The third-order valence-corrected chi connectivity index (χ3v) is 4.10. The molecule has 7 heteroatoms. The van der Waals surface area contributed by atoms with Gasteiger partial charge in [0.15, 0.2) is 5.82 Å². The number of aryl methyl sites for hydroxylation is 2. The average Bonchev–Trinajstić information content (AvgIpc) is 2.80. The van der Waals surface area contributed by atoms with Gasteiger partial charge in [0.1, 0.15) is 0 Å². The van der Waals surface area contributed by atoms with Crippen molar-refractivity contribution in [3.8, 4) is 6.07 Å². The van der Waals surface area contributed by atoms with Crippen molar-refractivity contribution in [1.29, 1.82) is 5.26 Å². The molecule has 1 aromatic rings. The van der Waals surface area contributed by atoms with Gasteiger partial charge < -0.3 is 10.6 Å². The van der Waals surface area contributed by atoms with E-state index in [2.05, 4.69) is 22.7 Å². The molecule has 2 N–H and O–H groups in total. The molecule has 0 unspecified atom stereocenters. The Kier molecular flexibility index (Phi) is 4.81. The Hall–Kier alpha value is -2.36. The molecule has 1 aromatic heterocycles. The summed E-state index contributed by atoms with van der Waals surface area (Å²) < 4.78 is 1.63. The van der Waals surface area contributed by atoms with E-state index >= 15 is 0 Å². The van der Waals surface area contributed by atoms with Crippen LogP contribution in [0.25, 0.3) is 0 Å². The predicted octanol–water partition coefficient (Wildman–Crippen LogP) is 1.35. The minimum Gasteiger partial charge on any atom is -0.347 e. The molecule has 118 valence electrons. The van der Waals surface area contributed by atoms with E-state index in [1.165, 1.54) is 6.42 Å². The van der Waals surface area contributed by atoms with Gasteiger partial charge in [0.25, 0.3) is 0 Å². The molecule has 1 saturated carbocycles. The van der Waals surface area contributed by atoms with Crippen LogP contribution in [0.1, 0.15) is 38.3 Å². The Morgan fingerprint density at radius 2 is 2.18 bits per heavy atom. The third-order valence-electron chi connectivity index (χ3n) is 4.10. The van der Waals surface area contributed by atoms with Gasteiger partial charge in [-0.15, -0.1) is 0 Å². The third kappa shape index (κ3) is 3.85. The maximum atomic E-state index is 11.8. The lowest BCUT2D eigenvalue weighted by molar-refractivity contribution is -0.136. The molecule has 1 aliphatic carbocycles.